The van der Waals surface area contributed by atoms with Crippen molar-refractivity contribution in [1.82, 2.24) is 0 Å². The van der Waals surface area contributed by atoms with Gasteiger partial charge in [-0.2, -0.15) is 27.1 Å². The van der Waals surface area contributed by atoms with Gasteiger partial charge in [0.25, 0.3) is 20.2 Å². The van der Waals surface area contributed by atoms with Gasteiger partial charge in [0.1, 0.15) is 22.0 Å². The van der Waals surface area contributed by atoms with Crippen LogP contribution in [0.4, 0.5) is 28.4 Å². The number of rotatable bonds is 8. The lowest BCUT2D eigenvalue weighted by Gasteiger charge is -2.19. The Hall–Kier alpha value is -5.22. The van der Waals surface area contributed by atoms with Gasteiger partial charge in [-0.05, 0) is 83.6 Å². The van der Waals surface area contributed by atoms with Crippen LogP contribution in [0.2, 0.25) is 0 Å². The fourth-order valence-electron chi connectivity index (χ4n) is 5.26. The number of ether oxygens (including phenoxy) is 1. The van der Waals surface area contributed by atoms with E-state index in [1.165, 1.54) is 54.6 Å². The number of aromatic hydroxyl groups is 1. The van der Waals surface area contributed by atoms with Gasteiger partial charge in [-0.3, -0.25) is 9.11 Å². The predicted octanol–water partition coefficient (Wildman–Crippen LogP) is 7.71. The third kappa shape index (κ3) is 6.55. The number of phenolic OH excluding ortho intramolecular Hbond substituents is 1. The normalized spacial score (nSPS) is 13.6. The molecule has 0 saturated heterocycles. The molecule has 5 aromatic carbocycles. The van der Waals surface area contributed by atoms with Crippen LogP contribution in [0.25, 0.3) is 10.8 Å². The predicted molar refractivity (Wildman–Crippen MR) is 174 cm³/mol. The van der Waals surface area contributed by atoms with E-state index in [1.54, 1.807) is 25.1 Å². The van der Waals surface area contributed by atoms with Crippen LogP contribution in [0.15, 0.2) is 115 Å². The van der Waals surface area contributed by atoms with Crippen LogP contribution in [-0.4, -0.2) is 38.2 Å². The van der Waals surface area contributed by atoms with E-state index in [2.05, 4.69) is 37.5 Å². The quantitative estimate of drug-likeness (QED) is 0.109. The molecule has 47 heavy (non-hydrogen) atoms. The Morgan fingerprint density at radius 2 is 1.40 bits per heavy atom. The highest BCUT2D eigenvalue weighted by Gasteiger charge is 2.24. The smallest absolute Gasteiger partial charge is 0.296 e. The van der Waals surface area contributed by atoms with Gasteiger partial charge in [0.2, 0.25) is 0 Å². The van der Waals surface area contributed by atoms with Crippen molar-refractivity contribution >= 4 is 59.4 Å². The Morgan fingerprint density at radius 1 is 0.745 bits per heavy atom. The maximum Gasteiger partial charge on any atom is 0.296 e. The number of nitrogens with zero attached hydrogens (tertiary/aromatic N) is 5. The molecule has 15 heteroatoms. The molecule has 0 atom stereocenters. The molecule has 1 aliphatic rings. The highest BCUT2D eigenvalue weighted by molar-refractivity contribution is 7.86. The molecule has 1 aliphatic heterocycles. The van der Waals surface area contributed by atoms with E-state index in [-0.39, 0.29) is 16.3 Å². The third-order valence-electron chi connectivity index (χ3n) is 7.68. The highest BCUT2D eigenvalue weighted by Crippen LogP contribution is 2.44. The summed E-state index contributed by atoms with van der Waals surface area (Å²) in [5.74, 6) is -0.281. The van der Waals surface area contributed by atoms with Crippen molar-refractivity contribution in [3.63, 3.8) is 0 Å². The van der Waals surface area contributed by atoms with Gasteiger partial charge in [-0.25, -0.2) is 0 Å². The first-order valence-electron chi connectivity index (χ1n) is 14.0. The number of hydrogen-bond acceptors (Lipinski definition) is 11. The van der Waals surface area contributed by atoms with Gasteiger partial charge < -0.3 is 14.7 Å². The second-order valence-electron chi connectivity index (χ2n) is 10.8. The zero-order valence-corrected chi connectivity index (χ0v) is 26.6. The van der Waals surface area contributed by atoms with Gasteiger partial charge in [0.15, 0.2) is 5.75 Å². The Labute approximate surface area is 270 Å². The van der Waals surface area contributed by atoms with Gasteiger partial charge in [0.05, 0.1) is 23.4 Å². The molecule has 13 nitrogen and oxygen atoms in total. The number of benzene rings is 5. The summed E-state index contributed by atoms with van der Waals surface area (Å²) in [5, 5.41) is 28.4. The molecule has 0 unspecified atom stereocenters. The number of methoxy groups -OCH3 is 1. The molecule has 3 N–H and O–H groups in total. The van der Waals surface area contributed by atoms with Crippen molar-refractivity contribution in [1.29, 1.82) is 0 Å². The first-order chi connectivity index (χ1) is 22.3. The van der Waals surface area contributed by atoms with Crippen LogP contribution in [0, 0.1) is 6.92 Å². The number of azo groups is 2. The van der Waals surface area contributed by atoms with Crippen molar-refractivity contribution in [3.05, 3.63) is 102 Å². The number of fused-ring (bicyclic) bond motifs is 2. The van der Waals surface area contributed by atoms with Crippen LogP contribution >= 0.6 is 0 Å². The molecular weight excluding hydrogens is 647 g/mol. The summed E-state index contributed by atoms with van der Waals surface area (Å²) in [6.07, 6.45) is 0. The molecule has 0 saturated carbocycles. The molecule has 0 amide bonds. The SMILES string of the molecule is COc1cc(N=Nc2ccc(S(=O)(=O)O)cc2)c(C)cc1N=Nc1c(S(=O)(=O)O)cc2cc(N3Cc4ccccc4C3)ccc2c1O. The van der Waals surface area contributed by atoms with Gasteiger partial charge >= 0.3 is 0 Å². The van der Waals surface area contributed by atoms with E-state index in [0.717, 1.165) is 5.69 Å². The molecule has 1 heterocycles. The monoisotopic (exact) mass is 673 g/mol. The maximum atomic E-state index is 12.5. The molecule has 0 fully saturated rings. The van der Waals surface area contributed by atoms with Crippen molar-refractivity contribution in [2.45, 2.75) is 29.8 Å². The summed E-state index contributed by atoms with van der Waals surface area (Å²) in [5.41, 5.74) is 4.21. The highest BCUT2D eigenvalue weighted by atomic mass is 32.2. The Bertz CT molecular complexity index is 2300. The molecule has 5 aromatic rings. The van der Waals surface area contributed by atoms with Crippen molar-refractivity contribution in [2.24, 2.45) is 20.5 Å². The summed E-state index contributed by atoms with van der Waals surface area (Å²) >= 11 is 0. The number of anilines is 1. The van der Waals surface area contributed by atoms with Crippen LogP contribution in [0.5, 0.6) is 11.5 Å². The Morgan fingerprint density at radius 3 is 2.02 bits per heavy atom. The minimum atomic E-state index is -4.84. The Kier molecular flexibility index (Phi) is 8.23. The fraction of sp³-hybridized carbons (Fsp3) is 0.125. The molecule has 0 aliphatic carbocycles. The van der Waals surface area contributed by atoms with Gasteiger partial charge in [0, 0.05) is 30.2 Å². The van der Waals surface area contributed by atoms with E-state index in [9.17, 15) is 26.5 Å². The lowest BCUT2D eigenvalue weighted by atomic mass is 10.1. The largest absolute Gasteiger partial charge is 0.505 e. The van der Waals surface area contributed by atoms with E-state index in [4.69, 9.17) is 9.29 Å². The third-order valence-corrected chi connectivity index (χ3v) is 9.42. The summed E-state index contributed by atoms with van der Waals surface area (Å²) in [6, 6.07) is 22.8. The average molecular weight is 674 g/mol. The van der Waals surface area contributed by atoms with Gasteiger partial charge in [-0.1, -0.05) is 24.3 Å². The molecule has 0 radical (unpaired) electrons. The summed E-state index contributed by atoms with van der Waals surface area (Å²) < 4.78 is 72.1. The molecular formula is C32H27N5O8S2. The second-order valence-corrected chi connectivity index (χ2v) is 13.6. The van der Waals surface area contributed by atoms with Crippen molar-refractivity contribution < 1.29 is 35.8 Å². The lowest BCUT2D eigenvalue weighted by molar-refractivity contribution is 0.416. The maximum absolute atomic E-state index is 12.5. The zero-order chi connectivity index (χ0) is 33.5. The van der Waals surface area contributed by atoms with E-state index in [0.29, 0.717) is 40.8 Å². The van der Waals surface area contributed by atoms with E-state index in [1.807, 2.05) is 18.2 Å². The van der Waals surface area contributed by atoms with Gasteiger partial charge in [-0.15, -0.1) is 10.2 Å². The van der Waals surface area contributed by atoms with Crippen LogP contribution in [0.3, 0.4) is 0 Å². The summed E-state index contributed by atoms with van der Waals surface area (Å²) in [7, 11) is -7.80. The van der Waals surface area contributed by atoms with Crippen molar-refractivity contribution in [2.75, 3.05) is 12.0 Å². The molecule has 0 spiro atoms. The van der Waals surface area contributed by atoms with Crippen LogP contribution in [-0.2, 0) is 33.3 Å². The fourth-order valence-corrected chi connectivity index (χ4v) is 6.39. The second kappa shape index (κ2) is 12.2. The van der Waals surface area contributed by atoms with Crippen LogP contribution < -0.4 is 9.64 Å². The minimum Gasteiger partial charge on any atom is -0.505 e. The molecule has 0 bridgehead atoms. The number of aryl methyl sites for hydroxylation is 1. The molecule has 0 aromatic heterocycles. The minimum absolute atomic E-state index is 0.172. The van der Waals surface area contributed by atoms with E-state index >= 15 is 0 Å². The Balaban J connectivity index is 1.32. The first kappa shape index (κ1) is 31.7. The zero-order valence-electron chi connectivity index (χ0n) is 24.9. The summed E-state index contributed by atoms with van der Waals surface area (Å²) in [6.45, 7) is 3.06. The first-order valence-corrected chi connectivity index (χ1v) is 16.9. The molecule has 6 rings (SSSR count). The number of phenols is 1. The lowest BCUT2D eigenvalue weighted by Crippen LogP contribution is -2.14. The summed E-state index contributed by atoms with van der Waals surface area (Å²) in [4.78, 5) is 1.23. The average Bonchev–Trinajstić information content (AvgIpc) is 3.47. The van der Waals surface area contributed by atoms with E-state index < -0.39 is 36.6 Å². The van der Waals surface area contributed by atoms with Crippen LogP contribution in [0.1, 0.15) is 16.7 Å². The van der Waals surface area contributed by atoms with Crippen molar-refractivity contribution in [3.8, 4) is 11.5 Å². The molecule has 240 valence electrons. The standard InChI is InChI=1S/C32H27N5O8S2/c1-19-13-28(29(45-2)16-27(19)34-33-23-7-10-25(11-8-23)46(39,40)41)35-36-31-30(47(42,43)44)15-22-14-24(9-12-26(22)32(31)38)37-17-20-5-3-4-6-21(20)18-37/h3-16,38H,17-18H2,1-2H3,(H,39,40,41)(H,42,43,44). The number of hydrogen-bond donors (Lipinski definition) is 3. The topological polar surface area (TPSA) is 191 Å².